The second kappa shape index (κ2) is 7.58. The van der Waals surface area contributed by atoms with Gasteiger partial charge in [-0.2, -0.15) is 0 Å². The highest BCUT2D eigenvalue weighted by atomic mass is 35.5. The highest BCUT2D eigenvalue weighted by molar-refractivity contribution is 5.85. The van der Waals surface area contributed by atoms with Crippen molar-refractivity contribution in [2.24, 2.45) is 11.5 Å². The molecule has 0 amide bonds. The Balaban J connectivity index is 0.00000324. The van der Waals surface area contributed by atoms with Crippen LogP contribution >= 0.6 is 12.4 Å². The predicted molar refractivity (Wildman–Crippen MR) is 81.0 cm³/mol. The lowest BCUT2D eigenvalue weighted by atomic mass is 10.0. The second-order valence-electron chi connectivity index (χ2n) is 5.47. The predicted octanol–water partition coefficient (Wildman–Crippen LogP) is 2.73. The van der Waals surface area contributed by atoms with Gasteiger partial charge < -0.3 is 21.3 Å². The first-order chi connectivity index (χ1) is 8.33. The molecule has 1 aromatic carbocycles. The van der Waals surface area contributed by atoms with Crippen LogP contribution in [0.1, 0.15) is 45.2 Å². The molecule has 0 aliphatic rings. The molecule has 0 bridgehead atoms. The van der Waals surface area contributed by atoms with Crippen LogP contribution in [0.2, 0.25) is 0 Å². The number of nitrogens with two attached hydrogens (primary N) is 2. The molecular formula is C14H25ClN2O2. The Bertz CT molecular complexity index is 392. The van der Waals surface area contributed by atoms with E-state index in [1.165, 1.54) is 0 Å². The second-order valence-corrected chi connectivity index (χ2v) is 5.47. The molecule has 1 aromatic rings. The van der Waals surface area contributed by atoms with Crippen molar-refractivity contribution < 1.29 is 9.84 Å². The molecule has 0 aliphatic heterocycles. The van der Waals surface area contributed by atoms with Crippen molar-refractivity contribution in [3.8, 4) is 11.5 Å². The Kier molecular flexibility index (Phi) is 7.19. The van der Waals surface area contributed by atoms with E-state index in [0.29, 0.717) is 12.1 Å². The molecule has 0 radical (unpaired) electrons. The smallest absolute Gasteiger partial charge is 0.120 e. The van der Waals surface area contributed by atoms with Crippen molar-refractivity contribution in [1.82, 2.24) is 0 Å². The molecule has 5 N–H and O–H groups in total. The van der Waals surface area contributed by atoms with Gasteiger partial charge in [0.05, 0.1) is 0 Å². The van der Waals surface area contributed by atoms with Gasteiger partial charge in [0.15, 0.2) is 0 Å². The van der Waals surface area contributed by atoms with Crippen molar-refractivity contribution in [1.29, 1.82) is 0 Å². The molecule has 0 saturated heterocycles. The van der Waals surface area contributed by atoms with E-state index in [1.807, 2.05) is 26.8 Å². The molecule has 0 aliphatic carbocycles. The van der Waals surface area contributed by atoms with Gasteiger partial charge in [-0.1, -0.05) is 0 Å². The summed E-state index contributed by atoms with van der Waals surface area (Å²) >= 11 is 0. The van der Waals surface area contributed by atoms with Crippen LogP contribution in [0.15, 0.2) is 18.2 Å². The van der Waals surface area contributed by atoms with Crippen LogP contribution in [-0.2, 0) is 0 Å². The van der Waals surface area contributed by atoms with Crippen molar-refractivity contribution >= 4 is 12.4 Å². The summed E-state index contributed by atoms with van der Waals surface area (Å²) in [5.74, 6) is 0.930. The summed E-state index contributed by atoms with van der Waals surface area (Å²) in [6.45, 7) is 6.54. The van der Waals surface area contributed by atoms with Crippen LogP contribution in [0.4, 0.5) is 0 Å². The summed E-state index contributed by atoms with van der Waals surface area (Å²) in [5.41, 5.74) is 12.0. The molecule has 0 fully saturated rings. The Morgan fingerprint density at radius 2 is 1.95 bits per heavy atom. The molecule has 0 spiro atoms. The number of benzene rings is 1. The number of rotatable bonds is 5. The molecule has 1 atom stereocenters. The van der Waals surface area contributed by atoms with Gasteiger partial charge in [-0.3, -0.25) is 0 Å². The summed E-state index contributed by atoms with van der Waals surface area (Å²) in [6.07, 6.45) is 1.59. The highest BCUT2D eigenvalue weighted by Gasteiger charge is 2.15. The van der Waals surface area contributed by atoms with E-state index in [0.717, 1.165) is 18.6 Å². The topological polar surface area (TPSA) is 81.5 Å². The zero-order chi connectivity index (χ0) is 13.8. The normalized spacial score (nSPS) is 12.7. The maximum atomic E-state index is 9.84. The lowest BCUT2D eigenvalue weighted by molar-refractivity contribution is 0.130. The van der Waals surface area contributed by atoms with Crippen molar-refractivity contribution in [2.45, 2.75) is 45.3 Å². The van der Waals surface area contributed by atoms with Gasteiger partial charge in [-0.25, -0.2) is 0 Å². The largest absolute Gasteiger partial charge is 0.508 e. The molecule has 19 heavy (non-hydrogen) atoms. The van der Waals surface area contributed by atoms with E-state index in [9.17, 15) is 5.11 Å². The quantitative estimate of drug-likeness (QED) is 0.778. The summed E-state index contributed by atoms with van der Waals surface area (Å²) in [7, 11) is 0. The molecule has 110 valence electrons. The van der Waals surface area contributed by atoms with E-state index < -0.39 is 0 Å². The number of phenolic OH excluding ortho intramolecular Hbond substituents is 1. The maximum absolute atomic E-state index is 9.84. The molecule has 5 heteroatoms. The van der Waals surface area contributed by atoms with Gasteiger partial charge in [-0.15, -0.1) is 12.4 Å². The summed E-state index contributed by atoms with van der Waals surface area (Å²) in [6, 6.07) is 4.97. The lowest BCUT2D eigenvalue weighted by Crippen LogP contribution is -2.23. The summed E-state index contributed by atoms with van der Waals surface area (Å²) in [5, 5.41) is 9.84. The molecule has 0 aromatic heterocycles. The van der Waals surface area contributed by atoms with E-state index in [1.54, 1.807) is 12.1 Å². The van der Waals surface area contributed by atoms with Crippen molar-refractivity contribution in [3.05, 3.63) is 23.8 Å². The maximum Gasteiger partial charge on any atom is 0.120 e. The van der Waals surface area contributed by atoms with Crippen LogP contribution < -0.4 is 16.2 Å². The van der Waals surface area contributed by atoms with Crippen LogP contribution in [0.25, 0.3) is 0 Å². The number of ether oxygens (including phenoxy) is 1. The van der Waals surface area contributed by atoms with E-state index in [-0.39, 0.29) is 29.8 Å². The van der Waals surface area contributed by atoms with E-state index in [4.69, 9.17) is 16.2 Å². The van der Waals surface area contributed by atoms with Gasteiger partial charge in [0, 0.05) is 11.6 Å². The molecule has 4 nitrogen and oxygen atoms in total. The minimum absolute atomic E-state index is 0. The monoisotopic (exact) mass is 288 g/mol. The fourth-order valence-corrected chi connectivity index (χ4v) is 1.74. The summed E-state index contributed by atoms with van der Waals surface area (Å²) < 4.78 is 5.76. The number of hydrogen-bond acceptors (Lipinski definition) is 4. The first-order valence-corrected chi connectivity index (χ1v) is 6.31. The zero-order valence-electron chi connectivity index (χ0n) is 11.8. The van der Waals surface area contributed by atoms with Gasteiger partial charge in [0.1, 0.15) is 17.1 Å². The third-order valence-corrected chi connectivity index (χ3v) is 2.54. The fraction of sp³-hybridized carbons (Fsp3) is 0.571. The molecule has 0 unspecified atom stereocenters. The van der Waals surface area contributed by atoms with Crippen molar-refractivity contribution in [3.63, 3.8) is 0 Å². The molecule has 0 heterocycles. The SMILES string of the molecule is CC(C)(C)Oc1ccc(O)c([C@H](N)CCCN)c1.Cl. The zero-order valence-corrected chi connectivity index (χ0v) is 12.7. The lowest BCUT2D eigenvalue weighted by Gasteiger charge is -2.22. The Hall–Kier alpha value is -0.970. The fourth-order valence-electron chi connectivity index (χ4n) is 1.74. The number of halogens is 1. The highest BCUT2D eigenvalue weighted by Crippen LogP contribution is 2.30. The van der Waals surface area contributed by atoms with Crippen LogP contribution in [0.3, 0.4) is 0 Å². The first-order valence-electron chi connectivity index (χ1n) is 6.31. The third-order valence-electron chi connectivity index (χ3n) is 2.54. The first kappa shape index (κ1) is 18.0. The van der Waals surface area contributed by atoms with Crippen LogP contribution in [0.5, 0.6) is 11.5 Å². The van der Waals surface area contributed by atoms with Gasteiger partial charge >= 0.3 is 0 Å². The molecule has 1 rings (SSSR count). The van der Waals surface area contributed by atoms with Gasteiger partial charge in [-0.05, 0) is 58.4 Å². The van der Waals surface area contributed by atoms with Crippen LogP contribution in [-0.4, -0.2) is 17.3 Å². The number of hydrogen-bond donors (Lipinski definition) is 3. The Morgan fingerprint density at radius 3 is 2.47 bits per heavy atom. The third kappa shape index (κ3) is 6.14. The van der Waals surface area contributed by atoms with Crippen LogP contribution in [0, 0.1) is 0 Å². The number of phenols is 1. The number of aromatic hydroxyl groups is 1. The average Bonchev–Trinajstić information content (AvgIpc) is 2.26. The standard InChI is InChI=1S/C14H24N2O2.ClH/c1-14(2,3)18-10-6-7-13(17)11(9-10)12(16)5-4-8-15;/h6-7,9,12,17H,4-5,8,15-16H2,1-3H3;1H/t12-;/m1./s1. The minimum atomic E-state index is -0.268. The summed E-state index contributed by atoms with van der Waals surface area (Å²) in [4.78, 5) is 0. The van der Waals surface area contributed by atoms with Crippen molar-refractivity contribution in [2.75, 3.05) is 6.54 Å². The van der Waals surface area contributed by atoms with Gasteiger partial charge in [0.2, 0.25) is 0 Å². The average molecular weight is 289 g/mol. The van der Waals surface area contributed by atoms with Gasteiger partial charge in [0.25, 0.3) is 0 Å². The molecule has 0 saturated carbocycles. The van der Waals surface area contributed by atoms with E-state index in [2.05, 4.69) is 0 Å². The van der Waals surface area contributed by atoms with E-state index >= 15 is 0 Å². The molecular weight excluding hydrogens is 264 g/mol. The Labute approximate surface area is 121 Å². The Morgan fingerprint density at radius 1 is 1.32 bits per heavy atom. The minimum Gasteiger partial charge on any atom is -0.508 e.